The minimum atomic E-state index is -1.25. The highest BCUT2D eigenvalue weighted by molar-refractivity contribution is 7.99. The topological polar surface area (TPSA) is 137 Å². The first-order valence-corrected chi connectivity index (χ1v) is 17.3. The number of nitrogens with one attached hydrogen (secondary N) is 1. The highest BCUT2D eigenvalue weighted by Crippen LogP contribution is 2.37. The number of amides is 2. The number of aromatic amines is 1. The maximum atomic E-state index is 14.4. The van der Waals surface area contributed by atoms with Gasteiger partial charge in [0.25, 0.3) is 0 Å². The second kappa shape index (κ2) is 17.3. The number of thioether (sulfide) groups is 1. The van der Waals surface area contributed by atoms with E-state index in [4.69, 9.17) is 14.2 Å². The lowest BCUT2D eigenvalue weighted by molar-refractivity contribution is -0.139. The van der Waals surface area contributed by atoms with Crippen LogP contribution in [0.15, 0.2) is 47.6 Å². The van der Waals surface area contributed by atoms with Crippen LogP contribution in [0.1, 0.15) is 50.8 Å². The monoisotopic (exact) mass is 670 g/mol. The quantitative estimate of drug-likeness (QED) is 0.316. The van der Waals surface area contributed by atoms with E-state index >= 15 is 0 Å². The van der Waals surface area contributed by atoms with Crippen molar-refractivity contribution >= 4 is 34.6 Å². The summed E-state index contributed by atoms with van der Waals surface area (Å²) in [5.74, 6) is 0.443. The molecule has 2 heterocycles. The third-order valence-corrected chi connectivity index (χ3v) is 9.74. The zero-order valence-corrected chi connectivity index (χ0v) is 29.2. The van der Waals surface area contributed by atoms with Crippen LogP contribution in [0.2, 0.25) is 0 Å². The number of carbonyl (C=O) groups excluding carboxylic acids is 2. The zero-order valence-electron chi connectivity index (χ0n) is 28.3. The van der Waals surface area contributed by atoms with Crippen molar-refractivity contribution in [2.75, 3.05) is 52.8 Å². The fraction of sp³-hybridized carbons (Fsp3) is 0.571. The number of aliphatic hydroxyl groups excluding tert-OH is 2. The molecule has 1 aromatic heterocycles. The second-order valence-corrected chi connectivity index (χ2v) is 13.6. The van der Waals surface area contributed by atoms with E-state index in [1.807, 2.05) is 54.3 Å². The molecule has 5 atom stereocenters. The molecule has 3 N–H and O–H groups in total. The largest absolute Gasteiger partial charge is 0.497 e. The Bertz CT molecular complexity index is 1470. The average Bonchev–Trinajstić information content (AvgIpc) is 3.46. The van der Waals surface area contributed by atoms with Gasteiger partial charge in [0.05, 0.1) is 36.5 Å². The number of aromatic nitrogens is 2. The Morgan fingerprint density at radius 3 is 2.62 bits per heavy atom. The first-order chi connectivity index (χ1) is 22.5. The molecule has 0 bridgehead atoms. The highest BCUT2D eigenvalue weighted by Gasteiger charge is 2.37. The van der Waals surface area contributed by atoms with Crippen LogP contribution in [0.3, 0.4) is 0 Å². The van der Waals surface area contributed by atoms with Gasteiger partial charge in [0.15, 0.2) is 5.16 Å². The zero-order chi connectivity index (χ0) is 34.1. The van der Waals surface area contributed by atoms with Gasteiger partial charge in [0.2, 0.25) is 11.8 Å². The van der Waals surface area contributed by atoms with E-state index in [1.54, 1.807) is 12.0 Å². The van der Waals surface area contributed by atoms with E-state index in [0.29, 0.717) is 43.4 Å². The third kappa shape index (κ3) is 9.70. The van der Waals surface area contributed by atoms with Crippen LogP contribution in [-0.4, -0.2) is 113 Å². The predicted octanol–water partition coefficient (Wildman–Crippen LogP) is 4.21. The fourth-order valence-electron chi connectivity index (χ4n) is 6.12. The Labute approximate surface area is 282 Å². The van der Waals surface area contributed by atoms with Crippen molar-refractivity contribution in [2.24, 2.45) is 11.8 Å². The minimum absolute atomic E-state index is 0.0464. The summed E-state index contributed by atoms with van der Waals surface area (Å²) in [6.07, 6.45) is -1.97. The van der Waals surface area contributed by atoms with Gasteiger partial charge in [-0.05, 0) is 61.1 Å². The molecule has 0 unspecified atom stereocenters. The molecule has 1 aliphatic rings. The third-order valence-electron chi connectivity index (χ3n) is 8.88. The van der Waals surface area contributed by atoms with Gasteiger partial charge in [0.1, 0.15) is 24.1 Å². The van der Waals surface area contributed by atoms with Crippen LogP contribution in [0, 0.1) is 18.8 Å². The molecule has 1 fully saturated rings. The highest BCUT2D eigenvalue weighted by atomic mass is 32.2. The van der Waals surface area contributed by atoms with Crippen molar-refractivity contribution < 1.29 is 34.0 Å². The van der Waals surface area contributed by atoms with Crippen LogP contribution >= 0.6 is 11.8 Å². The van der Waals surface area contributed by atoms with E-state index in [1.165, 1.54) is 25.8 Å². The first kappa shape index (κ1) is 36.7. The van der Waals surface area contributed by atoms with Crippen molar-refractivity contribution in [3.05, 3.63) is 53.6 Å². The summed E-state index contributed by atoms with van der Waals surface area (Å²) in [7, 11) is 3.07. The van der Waals surface area contributed by atoms with Crippen molar-refractivity contribution in [3.8, 4) is 5.75 Å². The minimum Gasteiger partial charge on any atom is -0.497 e. The lowest BCUT2D eigenvalue weighted by atomic mass is 9.82. The summed E-state index contributed by atoms with van der Waals surface area (Å²) >= 11 is 1.37. The van der Waals surface area contributed by atoms with Gasteiger partial charge in [-0.25, -0.2) is 4.98 Å². The van der Waals surface area contributed by atoms with Gasteiger partial charge in [-0.2, -0.15) is 0 Å². The summed E-state index contributed by atoms with van der Waals surface area (Å²) in [5.41, 5.74) is 3.81. The Balaban J connectivity index is 1.74. The SMILES string of the molecule is COc1cccc([C@@H]2[C@@H](C(C)C)CN(C(C)=O)C[C@H](OC)[C@@H](O)[C@@H](O)COCCCCN2C(=O)CSc2nc3ccc(C)cc3[nH]2)c1. The Hall–Kier alpha value is -3.16. The number of aliphatic hydroxyl groups is 2. The van der Waals surface area contributed by atoms with Gasteiger partial charge in [-0.15, -0.1) is 0 Å². The summed E-state index contributed by atoms with van der Waals surface area (Å²) in [6.45, 7) is 8.81. The lowest BCUT2D eigenvalue weighted by Gasteiger charge is -2.42. The van der Waals surface area contributed by atoms with Crippen molar-refractivity contribution in [1.29, 1.82) is 0 Å². The number of ether oxygens (including phenoxy) is 3. The number of benzene rings is 2. The maximum absolute atomic E-state index is 14.4. The molecule has 2 amide bonds. The smallest absolute Gasteiger partial charge is 0.233 e. The number of methoxy groups -OCH3 is 2. The molecule has 3 aromatic rings. The molecule has 258 valence electrons. The van der Waals surface area contributed by atoms with Gasteiger partial charge in [0, 0.05) is 46.2 Å². The van der Waals surface area contributed by atoms with Crippen LogP contribution < -0.4 is 4.74 Å². The number of aryl methyl sites for hydroxylation is 1. The predicted molar refractivity (Wildman–Crippen MR) is 182 cm³/mol. The molecule has 47 heavy (non-hydrogen) atoms. The summed E-state index contributed by atoms with van der Waals surface area (Å²) in [4.78, 5) is 39.1. The molecule has 4 rings (SSSR count). The summed E-state index contributed by atoms with van der Waals surface area (Å²) in [6, 6.07) is 13.4. The van der Waals surface area contributed by atoms with E-state index < -0.39 is 24.4 Å². The number of H-pyrrole nitrogens is 1. The molecule has 1 saturated heterocycles. The van der Waals surface area contributed by atoms with E-state index in [2.05, 4.69) is 23.8 Å². The van der Waals surface area contributed by atoms with Crippen LogP contribution in [0.5, 0.6) is 5.75 Å². The molecule has 0 aliphatic carbocycles. The van der Waals surface area contributed by atoms with Crippen molar-refractivity contribution in [1.82, 2.24) is 19.8 Å². The standard InChI is InChI=1S/C35H50N4O7S/c1-22(2)27-18-38(24(4)40)19-31(45-6)34(43)30(41)20-46-15-8-7-14-39(33(27)25-10-9-11-26(17-25)44-5)32(42)21-47-35-36-28-13-12-23(3)16-29(28)37-35/h9-13,16-17,22,27,30-31,33-34,41,43H,7-8,14-15,18-21H2,1-6H3,(H,36,37)/t27-,30+,31+,33-,34+/m1/s1. The maximum Gasteiger partial charge on any atom is 0.233 e. The van der Waals surface area contributed by atoms with Gasteiger partial charge < -0.3 is 39.2 Å². The normalized spacial score (nSPS) is 23.8. The fourth-order valence-corrected chi connectivity index (χ4v) is 6.89. The molecule has 11 nitrogen and oxygen atoms in total. The average molecular weight is 671 g/mol. The Morgan fingerprint density at radius 1 is 1.13 bits per heavy atom. The van der Waals surface area contributed by atoms with Crippen LogP contribution in [-0.2, 0) is 19.1 Å². The molecular formula is C35H50N4O7S. The molecule has 0 spiro atoms. The van der Waals surface area contributed by atoms with E-state index in [-0.39, 0.29) is 42.6 Å². The van der Waals surface area contributed by atoms with Crippen LogP contribution in [0.4, 0.5) is 0 Å². The van der Waals surface area contributed by atoms with Crippen LogP contribution in [0.25, 0.3) is 11.0 Å². The number of hydrogen-bond donors (Lipinski definition) is 3. The number of hydrogen-bond acceptors (Lipinski definition) is 9. The lowest BCUT2D eigenvalue weighted by Crippen LogP contribution is -2.51. The van der Waals surface area contributed by atoms with Crippen molar-refractivity contribution in [2.45, 2.75) is 70.0 Å². The van der Waals surface area contributed by atoms with Gasteiger partial charge in [-0.1, -0.05) is 43.8 Å². The second-order valence-electron chi connectivity index (χ2n) is 12.6. The molecule has 2 aromatic carbocycles. The molecule has 1 aliphatic heterocycles. The summed E-state index contributed by atoms with van der Waals surface area (Å²) in [5, 5.41) is 22.2. The number of imidazole rings is 1. The number of nitrogens with zero attached hydrogens (tertiary/aromatic N) is 3. The van der Waals surface area contributed by atoms with E-state index in [9.17, 15) is 19.8 Å². The number of fused-ring (bicyclic) bond motifs is 1. The molecule has 0 saturated carbocycles. The van der Waals surface area contributed by atoms with Crippen molar-refractivity contribution in [3.63, 3.8) is 0 Å². The molecule has 0 radical (unpaired) electrons. The Kier molecular flexibility index (Phi) is 13.5. The van der Waals surface area contributed by atoms with Gasteiger partial charge in [-0.3, -0.25) is 9.59 Å². The van der Waals surface area contributed by atoms with Gasteiger partial charge >= 0.3 is 0 Å². The molecule has 12 heteroatoms. The summed E-state index contributed by atoms with van der Waals surface area (Å²) < 4.78 is 16.9. The van der Waals surface area contributed by atoms with E-state index in [0.717, 1.165) is 22.2 Å². The molecular weight excluding hydrogens is 620 g/mol. The first-order valence-electron chi connectivity index (χ1n) is 16.3. The Morgan fingerprint density at radius 2 is 1.91 bits per heavy atom. The number of carbonyl (C=O) groups is 2. The number of rotatable bonds is 7.